The highest BCUT2D eigenvalue weighted by atomic mass is 32.2. The summed E-state index contributed by atoms with van der Waals surface area (Å²) in [6.45, 7) is 9.77. The number of allylic oxidation sites excluding steroid dienone is 2. The Bertz CT molecular complexity index is 1020. The van der Waals surface area contributed by atoms with Crippen molar-refractivity contribution in [2.45, 2.75) is 44.0 Å². The summed E-state index contributed by atoms with van der Waals surface area (Å²) >= 11 is 1.46. The molecule has 1 saturated heterocycles. The molecule has 1 unspecified atom stereocenters. The van der Waals surface area contributed by atoms with Crippen LogP contribution >= 0.6 is 11.9 Å². The summed E-state index contributed by atoms with van der Waals surface area (Å²) in [6.07, 6.45) is 3.53. The van der Waals surface area contributed by atoms with Gasteiger partial charge in [0.1, 0.15) is 17.4 Å². The van der Waals surface area contributed by atoms with Gasteiger partial charge in [0.15, 0.2) is 0 Å². The monoisotopic (exact) mass is 552 g/mol. The number of ether oxygens (including phenoxy) is 1. The third-order valence-corrected chi connectivity index (χ3v) is 7.08. The van der Waals surface area contributed by atoms with Crippen molar-refractivity contribution in [1.29, 1.82) is 0 Å². The second-order valence-electron chi connectivity index (χ2n) is 9.21. The van der Waals surface area contributed by atoms with E-state index >= 15 is 0 Å². The minimum atomic E-state index is -4.69. The molecular formula is C27H39F3N6OS. The molecule has 0 saturated carbocycles. The predicted octanol–water partition coefficient (Wildman–Crippen LogP) is 4.84. The third kappa shape index (κ3) is 9.76. The summed E-state index contributed by atoms with van der Waals surface area (Å²) in [4.78, 5) is 15.1. The van der Waals surface area contributed by atoms with Crippen LogP contribution in [0.2, 0.25) is 0 Å². The lowest BCUT2D eigenvalue weighted by Gasteiger charge is -2.35. The van der Waals surface area contributed by atoms with Crippen LogP contribution in [0.5, 0.6) is 5.75 Å². The van der Waals surface area contributed by atoms with Crippen LogP contribution in [0.3, 0.4) is 0 Å². The summed E-state index contributed by atoms with van der Waals surface area (Å²) in [5.41, 5.74) is 1.16. The zero-order valence-electron chi connectivity index (χ0n) is 22.7. The molecule has 0 radical (unpaired) electrons. The van der Waals surface area contributed by atoms with Gasteiger partial charge in [-0.3, -0.25) is 14.9 Å². The molecule has 1 fully saturated rings. The van der Waals surface area contributed by atoms with Crippen molar-refractivity contribution >= 4 is 23.6 Å². The Balaban J connectivity index is 0.00000195. The molecule has 2 heterocycles. The quantitative estimate of drug-likeness (QED) is 0.350. The summed E-state index contributed by atoms with van der Waals surface area (Å²) in [5.74, 6) is 1.68. The van der Waals surface area contributed by atoms with E-state index in [1.165, 1.54) is 24.1 Å². The molecule has 0 spiro atoms. The Morgan fingerprint density at radius 1 is 1.18 bits per heavy atom. The van der Waals surface area contributed by atoms with Gasteiger partial charge in [-0.25, -0.2) is 4.31 Å². The van der Waals surface area contributed by atoms with Gasteiger partial charge in [0.05, 0.1) is 12.6 Å². The molecule has 7 nitrogen and oxygen atoms in total. The Morgan fingerprint density at radius 2 is 1.95 bits per heavy atom. The van der Waals surface area contributed by atoms with Crippen molar-refractivity contribution in [3.05, 3.63) is 48.1 Å². The first kappa shape index (κ1) is 30.2. The highest BCUT2D eigenvalue weighted by molar-refractivity contribution is 7.97. The Labute approximate surface area is 228 Å². The number of nitrogens with one attached hydrogen (secondary N) is 1. The Kier molecular flexibility index (Phi) is 11.7. The molecule has 1 atom stereocenters. The van der Waals surface area contributed by atoms with Gasteiger partial charge < -0.3 is 15.0 Å². The standard InChI is InChI=1S/C25H33F3N6OS.C2H6/c1-32(2)12-6-11-29-24-21-9-3-4-10-22(21)30-23(31-24)18-33-13-15-34(16-14-33)36-20-8-5-7-19(17-20)35-25(26,27)28;1-2/h3-5,7-9,17,22H,6,10-16,18H2,1-2H3,(H,29,30,31);1-2H3. The molecule has 210 valence electrons. The number of piperazine rings is 1. The van der Waals surface area contributed by atoms with Gasteiger partial charge in [0, 0.05) is 43.2 Å². The fourth-order valence-corrected chi connectivity index (χ4v) is 5.21. The van der Waals surface area contributed by atoms with E-state index < -0.39 is 6.36 Å². The molecule has 11 heteroatoms. The molecule has 3 aliphatic rings. The normalized spacial score (nSPS) is 21.3. The number of halogens is 3. The molecule has 1 aromatic carbocycles. The van der Waals surface area contributed by atoms with Crippen molar-refractivity contribution in [1.82, 2.24) is 19.4 Å². The van der Waals surface area contributed by atoms with E-state index in [1.807, 2.05) is 13.8 Å². The van der Waals surface area contributed by atoms with Gasteiger partial charge in [-0.1, -0.05) is 38.1 Å². The van der Waals surface area contributed by atoms with E-state index in [1.54, 1.807) is 12.1 Å². The topological polar surface area (TPSA) is 55.7 Å². The zero-order valence-corrected chi connectivity index (χ0v) is 23.5. The van der Waals surface area contributed by atoms with Gasteiger partial charge in [-0.05, 0) is 63.6 Å². The summed E-state index contributed by atoms with van der Waals surface area (Å²) in [6, 6.07) is 6.23. The van der Waals surface area contributed by atoms with Gasteiger partial charge >= 0.3 is 6.36 Å². The van der Waals surface area contributed by atoms with Crippen molar-refractivity contribution < 1.29 is 17.9 Å². The predicted molar refractivity (Wildman–Crippen MR) is 150 cm³/mol. The van der Waals surface area contributed by atoms with E-state index in [2.05, 4.69) is 56.5 Å². The Hall–Kier alpha value is -2.34. The van der Waals surface area contributed by atoms with Crippen LogP contribution in [0.15, 0.2) is 62.9 Å². The number of hydrogen-bond donors (Lipinski definition) is 1. The molecule has 0 bridgehead atoms. The summed E-state index contributed by atoms with van der Waals surface area (Å²) in [7, 11) is 4.14. The second kappa shape index (κ2) is 14.7. The number of rotatable bonds is 9. The number of aliphatic imine (C=N–C) groups is 2. The molecule has 4 rings (SSSR count). The van der Waals surface area contributed by atoms with Crippen molar-refractivity contribution in [3.63, 3.8) is 0 Å². The Morgan fingerprint density at radius 3 is 2.66 bits per heavy atom. The maximum Gasteiger partial charge on any atom is 0.573 e. The maximum absolute atomic E-state index is 12.5. The van der Waals surface area contributed by atoms with Crippen LogP contribution in [-0.4, -0.2) is 98.1 Å². The van der Waals surface area contributed by atoms with Gasteiger partial charge in [-0.15, -0.1) is 13.2 Å². The smallest absolute Gasteiger partial charge is 0.406 e. The van der Waals surface area contributed by atoms with E-state index in [9.17, 15) is 13.2 Å². The molecule has 38 heavy (non-hydrogen) atoms. The first-order chi connectivity index (χ1) is 18.2. The van der Waals surface area contributed by atoms with Crippen LogP contribution in [0.4, 0.5) is 13.2 Å². The van der Waals surface area contributed by atoms with Crippen LogP contribution in [0.1, 0.15) is 26.7 Å². The van der Waals surface area contributed by atoms with Crippen LogP contribution in [-0.2, 0) is 0 Å². The second-order valence-corrected chi connectivity index (χ2v) is 10.4. The molecule has 0 amide bonds. The van der Waals surface area contributed by atoms with Crippen LogP contribution in [0.25, 0.3) is 0 Å². The zero-order chi connectivity index (χ0) is 27.5. The fourth-order valence-electron chi connectivity index (χ4n) is 4.26. The highest BCUT2D eigenvalue weighted by Gasteiger charge is 2.31. The number of fused-ring (bicyclic) bond motifs is 1. The number of hydrogen-bond acceptors (Lipinski definition) is 7. The minimum Gasteiger partial charge on any atom is -0.406 e. The number of nitrogens with zero attached hydrogens (tertiary/aromatic N) is 5. The molecule has 1 aliphatic carbocycles. The molecule has 1 N–H and O–H groups in total. The van der Waals surface area contributed by atoms with Crippen LogP contribution in [0, 0.1) is 0 Å². The number of benzene rings is 1. The fraction of sp³-hybridized carbons (Fsp3) is 0.556. The lowest BCUT2D eigenvalue weighted by Crippen LogP contribution is -2.50. The number of amidine groups is 2. The summed E-state index contributed by atoms with van der Waals surface area (Å²) in [5, 5.41) is 3.48. The molecule has 1 aromatic rings. The van der Waals surface area contributed by atoms with E-state index in [-0.39, 0.29) is 11.8 Å². The number of alkyl halides is 3. The van der Waals surface area contributed by atoms with Gasteiger partial charge in [-0.2, -0.15) is 0 Å². The van der Waals surface area contributed by atoms with Crippen molar-refractivity contribution in [2.75, 3.05) is 59.9 Å². The molecule has 2 aliphatic heterocycles. The minimum absolute atomic E-state index is 0.113. The first-order valence-corrected chi connectivity index (χ1v) is 13.9. The maximum atomic E-state index is 12.5. The summed E-state index contributed by atoms with van der Waals surface area (Å²) < 4.78 is 43.8. The van der Waals surface area contributed by atoms with E-state index in [4.69, 9.17) is 9.98 Å². The largest absolute Gasteiger partial charge is 0.573 e. The highest BCUT2D eigenvalue weighted by Crippen LogP contribution is 2.30. The van der Waals surface area contributed by atoms with Crippen LogP contribution < -0.4 is 10.1 Å². The first-order valence-electron chi connectivity index (χ1n) is 13.2. The molecule has 0 aromatic heterocycles. The van der Waals surface area contributed by atoms with Gasteiger partial charge in [0.25, 0.3) is 0 Å². The third-order valence-electron chi connectivity index (χ3n) is 5.99. The van der Waals surface area contributed by atoms with Crippen molar-refractivity contribution in [3.8, 4) is 5.75 Å². The van der Waals surface area contributed by atoms with E-state index in [0.29, 0.717) is 0 Å². The lowest BCUT2D eigenvalue weighted by atomic mass is 9.96. The van der Waals surface area contributed by atoms with Crippen molar-refractivity contribution in [2.24, 2.45) is 9.98 Å². The van der Waals surface area contributed by atoms with Gasteiger partial charge in [0.2, 0.25) is 0 Å². The lowest BCUT2D eigenvalue weighted by molar-refractivity contribution is -0.274. The van der Waals surface area contributed by atoms with E-state index in [0.717, 1.165) is 80.8 Å². The average molecular weight is 553 g/mol. The molecular weight excluding hydrogens is 513 g/mol. The SMILES string of the molecule is CC.CN(C)CCCN=C1NC(CN2CCN(Sc3cccc(OC(F)(F)F)c3)CC2)=NC2CC=CC=C12. The average Bonchev–Trinajstić information content (AvgIpc) is 2.88.